The van der Waals surface area contributed by atoms with Crippen LogP contribution in [0.4, 0.5) is 5.69 Å². The Kier molecular flexibility index (Phi) is 3.33. The number of rotatable bonds is 2. The lowest BCUT2D eigenvalue weighted by Crippen LogP contribution is -1.77. The van der Waals surface area contributed by atoms with Crippen LogP contribution in [0, 0.1) is 10.7 Å². The van der Waals surface area contributed by atoms with E-state index >= 15 is 0 Å². The molecule has 2 aromatic carbocycles. The molecule has 0 unspecified atom stereocenters. The summed E-state index contributed by atoms with van der Waals surface area (Å²) in [6.45, 7) is 0. The van der Waals surface area contributed by atoms with Crippen LogP contribution in [0.15, 0.2) is 46.3 Å². The van der Waals surface area contributed by atoms with Gasteiger partial charge in [0.2, 0.25) is 0 Å². The van der Waals surface area contributed by atoms with E-state index in [-0.39, 0.29) is 0 Å². The van der Waals surface area contributed by atoms with E-state index in [4.69, 9.17) is 5.26 Å². The molecule has 2 rings (SSSR count). The minimum absolute atomic E-state index is 0.785. The number of hydrogen-bond donors (Lipinski definition) is 0. The fourth-order valence-electron chi connectivity index (χ4n) is 1.54. The number of fused-ring (bicyclic) bond motifs is 1. The minimum atomic E-state index is 0.785. The third kappa shape index (κ3) is 1.98. The molecule has 0 spiro atoms. The van der Waals surface area contributed by atoms with Gasteiger partial charge in [0.25, 0.3) is 0 Å². The topological polar surface area (TPSA) is 36.1 Å². The first-order valence-electron chi connectivity index (χ1n) is 4.52. The molecule has 0 fully saturated rings. The van der Waals surface area contributed by atoms with Gasteiger partial charge in [-0.1, -0.05) is 24.3 Å². The van der Waals surface area contributed by atoms with Crippen LogP contribution < -0.4 is 0 Å². The number of isothiocyanates is 1. The molecular formula is C12H6N2S2. The molecular weight excluding hydrogens is 236 g/mol. The minimum Gasteiger partial charge on any atom is -0.194 e. The predicted molar refractivity (Wildman–Crippen MR) is 70.1 cm³/mol. The van der Waals surface area contributed by atoms with E-state index < -0.39 is 0 Å². The van der Waals surface area contributed by atoms with E-state index in [2.05, 4.69) is 27.8 Å². The molecule has 2 nitrogen and oxygen atoms in total. The average Bonchev–Trinajstić information content (AvgIpc) is 2.33. The standard InChI is InChI=1S/C12H6N2S2/c13-7-16-12-6-5-11(14-8-15)9-3-1-2-4-10(9)12/h1-6H. The van der Waals surface area contributed by atoms with Gasteiger partial charge in [-0.15, -0.1) is 0 Å². The Morgan fingerprint density at radius 3 is 2.56 bits per heavy atom. The SMILES string of the molecule is N#CSc1ccc(N=C=S)c2ccccc12. The summed E-state index contributed by atoms with van der Waals surface area (Å²) in [5.41, 5.74) is 0.785. The molecule has 2 aromatic rings. The second-order valence-corrected chi connectivity index (χ2v) is 4.03. The smallest absolute Gasteiger partial charge is 0.138 e. The Morgan fingerprint density at radius 2 is 1.88 bits per heavy atom. The van der Waals surface area contributed by atoms with Gasteiger partial charge < -0.3 is 0 Å². The van der Waals surface area contributed by atoms with E-state index in [9.17, 15) is 0 Å². The summed E-state index contributed by atoms with van der Waals surface area (Å²) in [6.07, 6.45) is 0. The van der Waals surface area contributed by atoms with E-state index in [1.807, 2.05) is 36.4 Å². The summed E-state index contributed by atoms with van der Waals surface area (Å²) < 4.78 is 0. The van der Waals surface area contributed by atoms with Crippen LogP contribution in [-0.4, -0.2) is 5.16 Å². The van der Waals surface area contributed by atoms with Crippen molar-refractivity contribution in [2.45, 2.75) is 4.90 Å². The quantitative estimate of drug-likeness (QED) is 0.343. The van der Waals surface area contributed by atoms with Crippen LogP contribution in [0.5, 0.6) is 0 Å². The van der Waals surface area contributed by atoms with Crippen molar-refractivity contribution in [1.29, 1.82) is 5.26 Å². The molecule has 0 saturated heterocycles. The summed E-state index contributed by atoms with van der Waals surface area (Å²) in [5.74, 6) is 0. The lowest BCUT2D eigenvalue weighted by atomic mass is 10.1. The van der Waals surface area contributed by atoms with E-state index in [1.54, 1.807) is 0 Å². The molecule has 0 aliphatic heterocycles. The van der Waals surface area contributed by atoms with Crippen molar-refractivity contribution in [2.75, 3.05) is 0 Å². The summed E-state index contributed by atoms with van der Waals surface area (Å²) in [7, 11) is 0. The summed E-state index contributed by atoms with van der Waals surface area (Å²) in [6, 6.07) is 11.5. The molecule has 16 heavy (non-hydrogen) atoms. The highest BCUT2D eigenvalue weighted by atomic mass is 32.2. The fourth-order valence-corrected chi connectivity index (χ4v) is 2.16. The van der Waals surface area contributed by atoms with Gasteiger partial charge in [-0.2, -0.15) is 10.3 Å². The van der Waals surface area contributed by atoms with Gasteiger partial charge in [0.1, 0.15) is 5.40 Å². The largest absolute Gasteiger partial charge is 0.194 e. The Bertz CT molecular complexity index is 622. The molecule has 0 atom stereocenters. The molecule has 0 N–H and O–H groups in total. The van der Waals surface area contributed by atoms with Crippen molar-refractivity contribution < 1.29 is 0 Å². The number of thiocyanates is 1. The van der Waals surface area contributed by atoms with Gasteiger partial charge in [0.05, 0.1) is 10.8 Å². The van der Waals surface area contributed by atoms with Crippen LogP contribution in [-0.2, 0) is 0 Å². The van der Waals surface area contributed by atoms with Crippen molar-refractivity contribution >= 4 is 45.6 Å². The highest BCUT2D eigenvalue weighted by Crippen LogP contribution is 2.33. The Labute approximate surface area is 103 Å². The van der Waals surface area contributed by atoms with Crippen LogP contribution >= 0.6 is 24.0 Å². The van der Waals surface area contributed by atoms with Crippen LogP contribution in [0.3, 0.4) is 0 Å². The molecule has 76 valence electrons. The Hall–Kier alpha value is -1.66. The molecule has 0 aliphatic carbocycles. The summed E-state index contributed by atoms with van der Waals surface area (Å²) in [4.78, 5) is 4.94. The first kappa shape index (κ1) is 10.8. The second kappa shape index (κ2) is 4.91. The molecule has 0 radical (unpaired) electrons. The van der Waals surface area contributed by atoms with Gasteiger partial charge in [-0.25, -0.2) is 0 Å². The number of hydrogen-bond acceptors (Lipinski definition) is 4. The van der Waals surface area contributed by atoms with Gasteiger partial charge >= 0.3 is 0 Å². The average molecular weight is 242 g/mol. The number of nitrogens with zero attached hydrogens (tertiary/aromatic N) is 2. The lowest BCUT2D eigenvalue weighted by molar-refractivity contribution is 1.50. The zero-order chi connectivity index (χ0) is 11.4. The molecule has 4 heteroatoms. The Morgan fingerprint density at radius 1 is 1.12 bits per heavy atom. The lowest BCUT2D eigenvalue weighted by Gasteiger charge is -2.04. The van der Waals surface area contributed by atoms with Crippen molar-refractivity contribution in [1.82, 2.24) is 0 Å². The number of benzene rings is 2. The third-order valence-electron chi connectivity index (χ3n) is 2.18. The molecule has 0 bridgehead atoms. The van der Waals surface area contributed by atoms with Gasteiger partial charge in [-0.05, 0) is 41.5 Å². The maximum absolute atomic E-state index is 8.71. The third-order valence-corrected chi connectivity index (χ3v) is 2.94. The molecule has 0 amide bonds. The van der Waals surface area contributed by atoms with Crippen molar-refractivity contribution in [3.05, 3.63) is 36.4 Å². The predicted octanol–water partition coefficient (Wildman–Crippen LogP) is 4.15. The number of thiocarbonyl (C=S) groups is 1. The van der Waals surface area contributed by atoms with Crippen molar-refractivity contribution in [2.24, 2.45) is 4.99 Å². The van der Waals surface area contributed by atoms with Crippen LogP contribution in [0.25, 0.3) is 10.8 Å². The molecule has 0 aliphatic rings. The zero-order valence-electron chi connectivity index (χ0n) is 8.18. The molecule has 0 aromatic heterocycles. The van der Waals surface area contributed by atoms with E-state index in [0.717, 1.165) is 33.1 Å². The molecule has 0 heterocycles. The van der Waals surface area contributed by atoms with Crippen molar-refractivity contribution in [3.8, 4) is 5.40 Å². The number of thioether (sulfide) groups is 1. The number of nitriles is 1. The highest BCUT2D eigenvalue weighted by Gasteiger charge is 2.04. The van der Waals surface area contributed by atoms with E-state index in [1.165, 1.54) is 0 Å². The van der Waals surface area contributed by atoms with Crippen LogP contribution in [0.2, 0.25) is 0 Å². The van der Waals surface area contributed by atoms with Crippen LogP contribution in [0.1, 0.15) is 0 Å². The summed E-state index contributed by atoms with van der Waals surface area (Å²) >= 11 is 5.76. The second-order valence-electron chi connectivity index (χ2n) is 3.02. The normalized spacial score (nSPS) is 9.44. The highest BCUT2D eigenvalue weighted by molar-refractivity contribution is 8.04. The summed E-state index contributed by atoms with van der Waals surface area (Å²) in [5, 5.41) is 15.2. The van der Waals surface area contributed by atoms with Gasteiger partial charge in [0.15, 0.2) is 0 Å². The zero-order valence-corrected chi connectivity index (χ0v) is 9.81. The fraction of sp³-hybridized carbons (Fsp3) is 0. The maximum atomic E-state index is 8.71. The molecule has 0 saturated carbocycles. The number of aliphatic imine (C=N–C) groups is 1. The van der Waals surface area contributed by atoms with Gasteiger partial charge in [0, 0.05) is 10.3 Å². The Balaban J connectivity index is 2.77. The first-order valence-corrected chi connectivity index (χ1v) is 5.75. The first-order chi connectivity index (χ1) is 7.86. The monoisotopic (exact) mass is 242 g/mol. The van der Waals surface area contributed by atoms with E-state index in [0.29, 0.717) is 0 Å². The van der Waals surface area contributed by atoms with Gasteiger partial charge in [-0.3, -0.25) is 0 Å². The van der Waals surface area contributed by atoms with Crippen molar-refractivity contribution in [3.63, 3.8) is 0 Å². The maximum Gasteiger partial charge on any atom is 0.138 e.